The van der Waals surface area contributed by atoms with Gasteiger partial charge in [0.1, 0.15) is 12.7 Å². The van der Waals surface area contributed by atoms with E-state index >= 15 is 0 Å². The Kier molecular flexibility index (Phi) is 7.88. The van der Waals surface area contributed by atoms with Crippen LogP contribution in [0.1, 0.15) is 27.7 Å². The molecule has 1 aliphatic rings. The van der Waals surface area contributed by atoms with E-state index in [0.29, 0.717) is 0 Å². The molecule has 0 radical (unpaired) electrons. The van der Waals surface area contributed by atoms with E-state index in [4.69, 9.17) is 23.7 Å². The van der Waals surface area contributed by atoms with Crippen LogP contribution in [0.15, 0.2) is 4.99 Å². The Hall–Kier alpha value is -2.78. The topological polar surface area (TPSA) is 144 Å². The molecule has 0 amide bonds. The van der Waals surface area contributed by atoms with Gasteiger partial charge in [0.25, 0.3) is 0 Å². The third-order valence-corrected chi connectivity index (χ3v) is 3.15. The van der Waals surface area contributed by atoms with E-state index in [1.807, 2.05) is 0 Å². The molecule has 1 fully saturated rings. The Morgan fingerprint density at radius 1 is 0.846 bits per heavy atom. The van der Waals surface area contributed by atoms with Gasteiger partial charge in [-0.1, -0.05) is 0 Å². The molecule has 144 valence electrons. The van der Waals surface area contributed by atoms with Crippen molar-refractivity contribution in [3.8, 4) is 0 Å². The lowest BCUT2D eigenvalue weighted by atomic mass is 9.97. The summed E-state index contributed by atoms with van der Waals surface area (Å²) in [5, 5.41) is 0. The number of ether oxygens (including phenoxy) is 5. The highest BCUT2D eigenvalue weighted by atomic mass is 16.7. The third kappa shape index (κ3) is 6.26. The number of rotatable bonds is 6. The number of carbonyl (C=O) groups is 4. The first-order valence-corrected chi connectivity index (χ1v) is 7.53. The van der Waals surface area contributed by atoms with Crippen LogP contribution in [0.5, 0.6) is 0 Å². The van der Waals surface area contributed by atoms with Crippen molar-refractivity contribution in [2.24, 2.45) is 4.99 Å². The van der Waals surface area contributed by atoms with E-state index in [2.05, 4.69) is 4.99 Å². The van der Waals surface area contributed by atoms with Gasteiger partial charge in [-0.15, -0.1) is 0 Å². The Labute approximate surface area is 148 Å². The van der Waals surface area contributed by atoms with E-state index in [0.717, 1.165) is 27.7 Å². The number of hydrogen-bond acceptors (Lipinski definition) is 11. The lowest BCUT2D eigenvalue weighted by molar-refractivity contribution is -0.250. The van der Waals surface area contributed by atoms with Gasteiger partial charge in [0, 0.05) is 27.7 Å². The van der Waals surface area contributed by atoms with E-state index in [1.165, 1.54) is 6.08 Å². The zero-order chi connectivity index (χ0) is 19.9. The van der Waals surface area contributed by atoms with Gasteiger partial charge in [-0.2, -0.15) is 4.99 Å². The summed E-state index contributed by atoms with van der Waals surface area (Å²) >= 11 is 0. The highest BCUT2D eigenvalue weighted by Gasteiger charge is 2.52. The highest BCUT2D eigenvalue weighted by molar-refractivity contribution is 5.68. The molecule has 5 unspecified atom stereocenters. The third-order valence-electron chi connectivity index (χ3n) is 3.15. The predicted molar refractivity (Wildman–Crippen MR) is 80.1 cm³/mol. The highest BCUT2D eigenvalue weighted by Crippen LogP contribution is 2.29. The van der Waals surface area contributed by atoms with E-state index < -0.39 is 54.5 Å². The molecular formula is C15H19NO10. The first-order chi connectivity index (χ1) is 12.1. The summed E-state index contributed by atoms with van der Waals surface area (Å²) in [5.41, 5.74) is 0. The van der Waals surface area contributed by atoms with Crippen molar-refractivity contribution in [1.82, 2.24) is 0 Å². The summed E-state index contributed by atoms with van der Waals surface area (Å²) in [4.78, 5) is 59.4. The minimum atomic E-state index is -1.41. The van der Waals surface area contributed by atoms with Crippen molar-refractivity contribution in [1.29, 1.82) is 0 Å². The van der Waals surface area contributed by atoms with Gasteiger partial charge in [-0.3, -0.25) is 19.2 Å². The molecule has 1 saturated heterocycles. The van der Waals surface area contributed by atoms with Crippen LogP contribution in [-0.4, -0.2) is 67.2 Å². The Balaban J connectivity index is 3.28. The number of aliphatic imine (C=N–C) groups is 1. The number of esters is 4. The van der Waals surface area contributed by atoms with Crippen molar-refractivity contribution in [2.75, 3.05) is 6.61 Å². The maximum absolute atomic E-state index is 11.5. The van der Waals surface area contributed by atoms with Gasteiger partial charge < -0.3 is 23.7 Å². The van der Waals surface area contributed by atoms with E-state index in [-0.39, 0.29) is 6.61 Å². The van der Waals surface area contributed by atoms with Gasteiger partial charge in [0.2, 0.25) is 12.3 Å². The van der Waals surface area contributed by atoms with Gasteiger partial charge in [0.15, 0.2) is 18.3 Å². The lowest BCUT2D eigenvalue weighted by Crippen LogP contribution is -2.61. The van der Waals surface area contributed by atoms with E-state index in [9.17, 15) is 24.0 Å². The number of hydrogen-bond donors (Lipinski definition) is 0. The second-order valence-electron chi connectivity index (χ2n) is 5.31. The van der Waals surface area contributed by atoms with Crippen LogP contribution in [0.2, 0.25) is 0 Å². The van der Waals surface area contributed by atoms with Gasteiger partial charge in [0.05, 0.1) is 0 Å². The van der Waals surface area contributed by atoms with Crippen LogP contribution in [0.4, 0.5) is 0 Å². The first kappa shape index (κ1) is 21.3. The molecule has 11 heteroatoms. The summed E-state index contributed by atoms with van der Waals surface area (Å²) in [7, 11) is 0. The number of nitrogens with zero attached hydrogens (tertiary/aromatic N) is 1. The molecule has 0 saturated carbocycles. The normalized spacial score (nSPS) is 27.5. The molecule has 0 aliphatic carbocycles. The molecule has 1 rings (SSSR count). The molecule has 0 aromatic heterocycles. The standard InChI is InChI=1S/C15H19NO10/c1-7(18)22-5-11-12(23-8(2)19)13(24-9(3)20)14(25-10(4)21)15(26-11)16-6-17/h11-15H,5H2,1-4H3. The molecule has 0 aromatic carbocycles. The second kappa shape index (κ2) is 9.64. The average molecular weight is 373 g/mol. The van der Waals surface area contributed by atoms with Crippen molar-refractivity contribution < 1.29 is 47.7 Å². The van der Waals surface area contributed by atoms with Crippen molar-refractivity contribution >= 4 is 30.0 Å². The summed E-state index contributed by atoms with van der Waals surface area (Å²) in [6.07, 6.45) is -5.30. The molecule has 26 heavy (non-hydrogen) atoms. The van der Waals surface area contributed by atoms with Gasteiger partial charge in [-0.25, -0.2) is 4.79 Å². The molecule has 1 aliphatic heterocycles. The minimum absolute atomic E-state index is 0.386. The van der Waals surface area contributed by atoms with Gasteiger partial charge >= 0.3 is 23.9 Å². The van der Waals surface area contributed by atoms with E-state index in [1.54, 1.807) is 0 Å². The molecule has 1 heterocycles. The van der Waals surface area contributed by atoms with Crippen molar-refractivity contribution in [3.05, 3.63) is 0 Å². The summed E-state index contributed by atoms with van der Waals surface area (Å²) in [6, 6.07) is 0. The molecule has 0 spiro atoms. The first-order valence-electron chi connectivity index (χ1n) is 7.53. The zero-order valence-electron chi connectivity index (χ0n) is 14.6. The second-order valence-corrected chi connectivity index (χ2v) is 5.31. The number of carbonyl (C=O) groups excluding carboxylic acids is 5. The summed E-state index contributed by atoms with van der Waals surface area (Å²) in [6.45, 7) is 4.03. The van der Waals surface area contributed by atoms with Crippen molar-refractivity contribution in [2.45, 2.75) is 58.3 Å². The fraction of sp³-hybridized carbons (Fsp3) is 0.667. The largest absolute Gasteiger partial charge is 0.463 e. The molecule has 11 nitrogen and oxygen atoms in total. The summed E-state index contributed by atoms with van der Waals surface area (Å²) < 4.78 is 25.6. The fourth-order valence-corrected chi connectivity index (χ4v) is 2.36. The average Bonchev–Trinajstić information content (AvgIpc) is 2.50. The predicted octanol–water partition coefficient (Wildman–Crippen LogP) is -0.595. The summed E-state index contributed by atoms with van der Waals surface area (Å²) in [5.74, 6) is -2.94. The quantitative estimate of drug-likeness (QED) is 0.256. The maximum atomic E-state index is 11.5. The number of isocyanates is 1. The smallest absolute Gasteiger partial charge is 0.303 e. The van der Waals surface area contributed by atoms with Crippen molar-refractivity contribution in [3.63, 3.8) is 0 Å². The SMILES string of the molecule is CC(=O)OCC1OC(N=C=O)C(OC(C)=O)C(OC(C)=O)C1OC(C)=O. The minimum Gasteiger partial charge on any atom is -0.463 e. The Morgan fingerprint density at radius 3 is 1.81 bits per heavy atom. The van der Waals surface area contributed by atoms with Crippen LogP contribution >= 0.6 is 0 Å². The monoisotopic (exact) mass is 373 g/mol. The molecule has 0 aromatic rings. The zero-order valence-corrected chi connectivity index (χ0v) is 14.6. The molecule has 0 bridgehead atoms. The molecular weight excluding hydrogens is 354 g/mol. The fourth-order valence-electron chi connectivity index (χ4n) is 2.36. The maximum Gasteiger partial charge on any atom is 0.303 e. The van der Waals surface area contributed by atoms with Crippen LogP contribution < -0.4 is 0 Å². The van der Waals surface area contributed by atoms with Gasteiger partial charge in [-0.05, 0) is 0 Å². The molecule has 5 atom stereocenters. The Morgan fingerprint density at radius 2 is 1.35 bits per heavy atom. The molecule has 0 N–H and O–H groups in total. The van der Waals surface area contributed by atoms with Crippen LogP contribution in [0.25, 0.3) is 0 Å². The Bertz CT molecular complexity index is 612. The lowest BCUT2D eigenvalue weighted by Gasteiger charge is -2.42. The van der Waals surface area contributed by atoms with Crippen LogP contribution in [0.3, 0.4) is 0 Å². The van der Waals surface area contributed by atoms with Crippen LogP contribution in [-0.2, 0) is 47.7 Å². The van der Waals surface area contributed by atoms with Crippen LogP contribution in [0, 0.1) is 0 Å².